The molecule has 0 aliphatic carbocycles. The largest absolute Gasteiger partial charge is 0.507 e. The summed E-state index contributed by atoms with van der Waals surface area (Å²) < 4.78 is 28.9. The maximum atomic E-state index is 11.5. The second kappa shape index (κ2) is 15.8. The van der Waals surface area contributed by atoms with Gasteiger partial charge in [0, 0.05) is 27.0 Å². The maximum absolute atomic E-state index is 11.5. The first-order chi connectivity index (χ1) is 30.9. The molecule has 1 N–H and O–H groups in total. The molecule has 0 aliphatic heterocycles. The van der Waals surface area contributed by atoms with Gasteiger partial charge in [0.05, 0.1) is 28.0 Å². The van der Waals surface area contributed by atoms with Crippen LogP contribution in [0, 0.1) is 13.8 Å². The van der Waals surface area contributed by atoms with Crippen LogP contribution in [-0.4, -0.2) is 19.6 Å². The average Bonchev–Trinajstić information content (AvgIpc) is 3.68. The quantitative estimate of drug-likeness (QED) is 0.174. The lowest BCUT2D eigenvalue weighted by atomic mass is 9.83. The molecule has 2 heterocycles. The van der Waals surface area contributed by atoms with Crippen molar-refractivity contribution < 1.29 is 9.22 Å². The van der Waals surface area contributed by atoms with E-state index in [1.165, 1.54) is 5.56 Å². The highest BCUT2D eigenvalue weighted by Gasteiger charge is 2.25. The SMILES string of the molecule is [2H]C([2H])([2H])c1cc(-n2c(-c3ccccc3O)nc3c(-c4cc(-c5cc(-c6ccc(C)cc6)ccn5)cc(C(C)(C)C)c4)cccc32)c(-c2ccccc2)cc1-c1ccc(C(C)(C)C)cc1. The Labute approximate surface area is 370 Å². The van der Waals surface area contributed by atoms with Crippen LogP contribution in [0.25, 0.3) is 83.9 Å². The van der Waals surface area contributed by atoms with Gasteiger partial charge in [-0.3, -0.25) is 9.55 Å². The Morgan fingerprint density at radius 3 is 1.89 bits per heavy atom. The lowest BCUT2D eigenvalue weighted by Gasteiger charge is -2.22. The van der Waals surface area contributed by atoms with Crippen LogP contribution < -0.4 is 0 Å². The van der Waals surface area contributed by atoms with Crippen LogP contribution >= 0.6 is 0 Å². The number of para-hydroxylation sites is 2. The summed E-state index contributed by atoms with van der Waals surface area (Å²) >= 11 is 0. The Balaban J connectivity index is 1.32. The zero-order valence-electron chi connectivity index (χ0n) is 39.5. The molecule has 0 aliphatic rings. The number of fused-ring (bicyclic) bond motifs is 1. The van der Waals surface area contributed by atoms with Gasteiger partial charge in [0.25, 0.3) is 0 Å². The van der Waals surface area contributed by atoms with Crippen molar-refractivity contribution in [3.05, 3.63) is 192 Å². The fourth-order valence-corrected chi connectivity index (χ4v) is 8.31. The Morgan fingerprint density at radius 2 is 1.18 bits per heavy atom. The third-order valence-corrected chi connectivity index (χ3v) is 11.9. The van der Waals surface area contributed by atoms with Crippen molar-refractivity contribution in [3.63, 3.8) is 0 Å². The average molecular weight is 811 g/mol. The first-order valence-corrected chi connectivity index (χ1v) is 21.3. The molecule has 0 radical (unpaired) electrons. The van der Waals surface area contributed by atoms with E-state index in [2.05, 4.69) is 115 Å². The number of nitrogens with zero attached hydrogens (tertiary/aromatic N) is 3. The highest BCUT2D eigenvalue weighted by molar-refractivity contribution is 5.98. The van der Waals surface area contributed by atoms with Crippen LogP contribution in [0.15, 0.2) is 170 Å². The van der Waals surface area contributed by atoms with Gasteiger partial charge in [-0.05, 0) is 129 Å². The minimum Gasteiger partial charge on any atom is -0.507 e. The van der Waals surface area contributed by atoms with Gasteiger partial charge in [0.1, 0.15) is 11.6 Å². The Kier molecular flexibility index (Phi) is 9.36. The van der Waals surface area contributed by atoms with E-state index in [1.54, 1.807) is 12.1 Å². The normalized spacial score (nSPS) is 12.9. The Hall–Kier alpha value is -7.04. The summed E-state index contributed by atoms with van der Waals surface area (Å²) in [6.07, 6.45) is 1.87. The highest BCUT2D eigenvalue weighted by Crippen LogP contribution is 2.43. The molecule has 4 nitrogen and oxygen atoms in total. The number of pyridine rings is 1. The number of phenols is 1. The van der Waals surface area contributed by atoms with Crippen molar-refractivity contribution in [3.8, 4) is 78.6 Å². The molecule has 0 fully saturated rings. The Morgan fingerprint density at radius 1 is 0.516 bits per heavy atom. The van der Waals surface area contributed by atoms with E-state index in [4.69, 9.17) is 14.1 Å². The summed E-state index contributed by atoms with van der Waals surface area (Å²) in [5.41, 5.74) is 15.2. The van der Waals surface area contributed by atoms with Gasteiger partial charge in [0.2, 0.25) is 0 Å². The van der Waals surface area contributed by atoms with E-state index in [0.717, 1.165) is 66.8 Å². The highest BCUT2D eigenvalue weighted by atomic mass is 16.3. The summed E-state index contributed by atoms with van der Waals surface area (Å²) in [5, 5.41) is 11.5. The summed E-state index contributed by atoms with van der Waals surface area (Å²) in [6.45, 7) is 12.8. The van der Waals surface area contributed by atoms with Crippen molar-refractivity contribution in [1.29, 1.82) is 0 Å². The number of aryl methyl sites for hydroxylation is 2. The standard InChI is InChI=1S/C58H53N3O/c1-37-21-23-39(24-22-37)42-29-30-59-51(35-42)44-32-43(33-46(34-44)58(6,7)8)47-18-14-19-52-55(47)60-56(48-17-12-13-20-54(48)62)61(52)53-31-38(2)49(36-50(53)40-15-10-9-11-16-40)41-25-27-45(28-26-41)57(3,4)5/h9-36,62H,1-8H3/i2D3. The number of rotatable bonds is 7. The number of hydrogen-bond donors (Lipinski definition) is 1. The lowest BCUT2D eigenvalue weighted by molar-refractivity contribution is 0.477. The van der Waals surface area contributed by atoms with Crippen LogP contribution in [0.5, 0.6) is 5.75 Å². The first kappa shape index (κ1) is 36.8. The molecule has 0 amide bonds. The topological polar surface area (TPSA) is 50.9 Å². The number of hydrogen-bond acceptors (Lipinski definition) is 3. The van der Waals surface area contributed by atoms with E-state index in [1.807, 2.05) is 95.7 Å². The van der Waals surface area contributed by atoms with Crippen molar-refractivity contribution in [2.45, 2.75) is 66.1 Å². The molecule has 0 unspecified atom stereocenters. The number of aromatic nitrogens is 3. The molecule has 7 aromatic carbocycles. The van der Waals surface area contributed by atoms with Crippen LogP contribution in [0.2, 0.25) is 0 Å². The van der Waals surface area contributed by atoms with Crippen LogP contribution in [0.1, 0.15) is 67.9 Å². The first-order valence-electron chi connectivity index (χ1n) is 22.8. The molecule has 4 heteroatoms. The summed E-state index contributed by atoms with van der Waals surface area (Å²) in [4.78, 5) is 10.3. The molecule has 62 heavy (non-hydrogen) atoms. The fraction of sp³-hybridized carbons (Fsp3) is 0.172. The monoisotopic (exact) mass is 810 g/mol. The molecule has 9 aromatic rings. The second-order valence-corrected chi connectivity index (χ2v) is 18.4. The minimum atomic E-state index is -2.47. The maximum Gasteiger partial charge on any atom is 0.149 e. The van der Waals surface area contributed by atoms with E-state index in [-0.39, 0.29) is 22.1 Å². The van der Waals surface area contributed by atoms with Gasteiger partial charge in [-0.1, -0.05) is 156 Å². The molecule has 9 rings (SSSR count). The van der Waals surface area contributed by atoms with Gasteiger partial charge < -0.3 is 5.11 Å². The van der Waals surface area contributed by atoms with Crippen molar-refractivity contribution in [2.24, 2.45) is 0 Å². The fourth-order valence-electron chi connectivity index (χ4n) is 8.31. The van der Waals surface area contributed by atoms with Gasteiger partial charge in [-0.25, -0.2) is 4.98 Å². The smallest absolute Gasteiger partial charge is 0.149 e. The van der Waals surface area contributed by atoms with Crippen molar-refractivity contribution >= 4 is 11.0 Å². The molecular formula is C58H53N3O. The molecule has 306 valence electrons. The molecular weight excluding hydrogens is 755 g/mol. The predicted octanol–water partition coefficient (Wildman–Crippen LogP) is 15.3. The number of imidazole rings is 1. The molecule has 0 saturated carbocycles. The van der Waals surface area contributed by atoms with Crippen molar-refractivity contribution in [1.82, 2.24) is 14.5 Å². The Bertz CT molecular complexity index is 3210. The third-order valence-electron chi connectivity index (χ3n) is 11.9. The van der Waals surface area contributed by atoms with Gasteiger partial charge >= 0.3 is 0 Å². The van der Waals surface area contributed by atoms with Crippen LogP contribution in [0.3, 0.4) is 0 Å². The zero-order chi connectivity index (χ0) is 45.8. The predicted molar refractivity (Wildman–Crippen MR) is 260 cm³/mol. The lowest BCUT2D eigenvalue weighted by Crippen LogP contribution is -2.11. The molecule has 2 aromatic heterocycles. The van der Waals surface area contributed by atoms with E-state index in [9.17, 15) is 5.11 Å². The number of phenolic OH excluding ortho intramolecular Hbond substituents is 1. The van der Waals surface area contributed by atoms with E-state index in [0.29, 0.717) is 28.2 Å². The molecule has 0 saturated heterocycles. The molecule has 0 spiro atoms. The van der Waals surface area contributed by atoms with Gasteiger partial charge in [0.15, 0.2) is 0 Å². The summed E-state index contributed by atoms with van der Waals surface area (Å²) in [7, 11) is 0. The summed E-state index contributed by atoms with van der Waals surface area (Å²) in [5.74, 6) is 0.552. The van der Waals surface area contributed by atoms with E-state index >= 15 is 0 Å². The minimum absolute atomic E-state index is 0.0648. The molecule has 0 atom stereocenters. The van der Waals surface area contributed by atoms with Gasteiger partial charge in [-0.2, -0.15) is 0 Å². The summed E-state index contributed by atoms with van der Waals surface area (Å²) in [6, 6.07) is 54.9. The van der Waals surface area contributed by atoms with E-state index < -0.39 is 6.85 Å². The number of aromatic hydroxyl groups is 1. The zero-order valence-corrected chi connectivity index (χ0v) is 36.5. The second-order valence-electron chi connectivity index (χ2n) is 18.4. The molecule has 0 bridgehead atoms. The van der Waals surface area contributed by atoms with Crippen molar-refractivity contribution in [2.75, 3.05) is 0 Å². The van der Waals surface area contributed by atoms with Gasteiger partial charge in [-0.15, -0.1) is 0 Å². The van der Waals surface area contributed by atoms with Crippen LogP contribution in [0.4, 0.5) is 0 Å². The third kappa shape index (κ3) is 7.74. The number of benzene rings is 7. The van der Waals surface area contributed by atoms with Crippen LogP contribution in [-0.2, 0) is 10.8 Å².